The van der Waals surface area contributed by atoms with E-state index in [-0.39, 0.29) is 0 Å². The highest BCUT2D eigenvalue weighted by Gasteiger charge is 2.38. The Kier molecular flexibility index (Phi) is 8.78. The van der Waals surface area contributed by atoms with Crippen molar-refractivity contribution in [3.05, 3.63) is 265 Å². The van der Waals surface area contributed by atoms with Crippen molar-refractivity contribution in [1.82, 2.24) is 4.57 Å². The van der Waals surface area contributed by atoms with E-state index in [1.54, 1.807) is 0 Å². The predicted octanol–water partition coefficient (Wildman–Crippen LogP) is 14.3. The summed E-state index contributed by atoms with van der Waals surface area (Å²) in [5, 5.41) is 2.49. The SMILES string of the molecule is c1ccc(N(c2ccc(C(c3ccccc3)(c3ccccc3)c3ccccc3)cc2)c2cccc(-c3ccc4c(c3)c3ccccc3n4-c3ccccc3)c2)cc1. The maximum absolute atomic E-state index is 2.37. The molecule has 0 aliphatic rings. The lowest BCUT2D eigenvalue weighted by Gasteiger charge is -2.37. The second-order valence-corrected chi connectivity index (χ2v) is 14.5. The predicted molar refractivity (Wildman–Crippen MR) is 239 cm³/mol. The highest BCUT2D eigenvalue weighted by Crippen LogP contribution is 2.46. The van der Waals surface area contributed by atoms with Crippen LogP contribution in [0.15, 0.2) is 243 Å². The van der Waals surface area contributed by atoms with Gasteiger partial charge in [0.1, 0.15) is 0 Å². The smallest absolute Gasteiger partial charge is 0.0701 e. The minimum absolute atomic E-state index is 0.512. The molecule has 0 atom stereocenters. The van der Waals surface area contributed by atoms with Crippen molar-refractivity contribution in [1.29, 1.82) is 0 Å². The Morgan fingerprint density at radius 3 is 1.37 bits per heavy atom. The summed E-state index contributed by atoms with van der Waals surface area (Å²) in [5.41, 5.74) is 13.6. The number of hydrogen-bond acceptors (Lipinski definition) is 1. The average molecular weight is 729 g/mol. The molecule has 9 aromatic carbocycles. The van der Waals surface area contributed by atoms with Crippen LogP contribution in [0.1, 0.15) is 22.3 Å². The van der Waals surface area contributed by atoms with Gasteiger partial charge in [-0.3, -0.25) is 0 Å². The molecular formula is C55H40N2. The Morgan fingerprint density at radius 1 is 0.298 bits per heavy atom. The van der Waals surface area contributed by atoms with E-state index >= 15 is 0 Å². The van der Waals surface area contributed by atoms with E-state index in [0.29, 0.717) is 0 Å². The lowest BCUT2D eigenvalue weighted by Crippen LogP contribution is -2.31. The van der Waals surface area contributed by atoms with Gasteiger partial charge in [0, 0.05) is 33.5 Å². The van der Waals surface area contributed by atoms with Crippen LogP contribution in [0.5, 0.6) is 0 Å². The lowest BCUT2D eigenvalue weighted by molar-refractivity contribution is 0.745. The molecule has 10 aromatic rings. The molecule has 2 nitrogen and oxygen atoms in total. The Labute approximate surface area is 334 Å². The number of para-hydroxylation sites is 3. The molecule has 0 fully saturated rings. The average Bonchev–Trinajstić information content (AvgIpc) is 3.63. The number of benzene rings is 9. The van der Waals surface area contributed by atoms with Crippen molar-refractivity contribution in [2.24, 2.45) is 0 Å². The zero-order valence-corrected chi connectivity index (χ0v) is 31.5. The van der Waals surface area contributed by atoms with Crippen LogP contribution in [0.2, 0.25) is 0 Å². The van der Waals surface area contributed by atoms with Crippen molar-refractivity contribution in [3.8, 4) is 16.8 Å². The van der Waals surface area contributed by atoms with E-state index in [4.69, 9.17) is 0 Å². The molecule has 0 unspecified atom stereocenters. The van der Waals surface area contributed by atoms with Crippen LogP contribution in [-0.2, 0) is 5.41 Å². The van der Waals surface area contributed by atoms with E-state index < -0.39 is 5.41 Å². The molecular weight excluding hydrogens is 689 g/mol. The third-order valence-electron chi connectivity index (χ3n) is 11.3. The van der Waals surface area contributed by atoms with Gasteiger partial charge in [-0.1, -0.05) is 176 Å². The number of hydrogen-bond donors (Lipinski definition) is 0. The van der Waals surface area contributed by atoms with E-state index in [9.17, 15) is 0 Å². The number of nitrogens with zero attached hydrogens (tertiary/aromatic N) is 2. The van der Waals surface area contributed by atoms with Crippen LogP contribution in [-0.4, -0.2) is 4.57 Å². The van der Waals surface area contributed by atoms with Gasteiger partial charge in [0.05, 0.1) is 16.4 Å². The summed E-state index contributed by atoms with van der Waals surface area (Å²) < 4.78 is 2.37. The Balaban J connectivity index is 1.10. The quantitative estimate of drug-likeness (QED) is 0.134. The van der Waals surface area contributed by atoms with E-state index in [1.165, 1.54) is 55.2 Å². The van der Waals surface area contributed by atoms with Crippen LogP contribution in [0.3, 0.4) is 0 Å². The van der Waals surface area contributed by atoms with Crippen molar-refractivity contribution < 1.29 is 0 Å². The van der Waals surface area contributed by atoms with E-state index in [2.05, 4.69) is 252 Å². The minimum Gasteiger partial charge on any atom is -0.310 e. The normalized spacial score (nSPS) is 11.5. The van der Waals surface area contributed by atoms with Gasteiger partial charge in [-0.2, -0.15) is 0 Å². The molecule has 0 amide bonds. The van der Waals surface area contributed by atoms with Gasteiger partial charge in [0.25, 0.3) is 0 Å². The topological polar surface area (TPSA) is 8.17 Å². The second kappa shape index (κ2) is 14.7. The van der Waals surface area contributed by atoms with Crippen molar-refractivity contribution in [2.75, 3.05) is 4.90 Å². The zero-order chi connectivity index (χ0) is 38.0. The summed E-state index contributed by atoms with van der Waals surface area (Å²) in [6.07, 6.45) is 0. The summed E-state index contributed by atoms with van der Waals surface area (Å²) in [7, 11) is 0. The second-order valence-electron chi connectivity index (χ2n) is 14.5. The van der Waals surface area contributed by atoms with Gasteiger partial charge < -0.3 is 9.47 Å². The standard InChI is InChI=1S/C55H40N2/c1-6-20-43(21-7-1)55(44-22-8-2-9-23-44,45-24-10-3-11-25-45)46-34-36-49(37-35-46)56(47-26-12-4-13-27-47)50-30-18-19-41(39-50)42-33-38-54-52(40-42)51-31-16-17-32-53(51)57(54)48-28-14-5-15-29-48/h1-40H. The largest absolute Gasteiger partial charge is 0.310 e. The van der Waals surface area contributed by atoms with Crippen LogP contribution < -0.4 is 4.90 Å². The molecule has 10 rings (SSSR count). The first-order valence-corrected chi connectivity index (χ1v) is 19.6. The van der Waals surface area contributed by atoms with Crippen LogP contribution in [0.4, 0.5) is 17.1 Å². The third kappa shape index (κ3) is 6.00. The van der Waals surface area contributed by atoms with E-state index in [1.807, 2.05) is 0 Å². The number of anilines is 3. The van der Waals surface area contributed by atoms with Crippen LogP contribution in [0.25, 0.3) is 38.6 Å². The maximum Gasteiger partial charge on any atom is 0.0701 e. The molecule has 1 aromatic heterocycles. The maximum atomic E-state index is 2.37. The van der Waals surface area contributed by atoms with Crippen molar-refractivity contribution >= 4 is 38.9 Å². The molecule has 0 spiro atoms. The molecule has 2 heteroatoms. The van der Waals surface area contributed by atoms with Crippen molar-refractivity contribution in [2.45, 2.75) is 5.41 Å². The summed E-state index contributed by atoms with van der Waals surface area (Å²) in [4.78, 5) is 2.36. The molecule has 57 heavy (non-hydrogen) atoms. The summed E-state index contributed by atoms with van der Waals surface area (Å²) >= 11 is 0. The first kappa shape index (κ1) is 34.1. The first-order chi connectivity index (χ1) is 28.3. The highest BCUT2D eigenvalue weighted by atomic mass is 15.1. The lowest BCUT2D eigenvalue weighted by atomic mass is 9.65. The zero-order valence-electron chi connectivity index (χ0n) is 31.5. The van der Waals surface area contributed by atoms with Gasteiger partial charge in [-0.25, -0.2) is 0 Å². The first-order valence-electron chi connectivity index (χ1n) is 19.6. The molecule has 0 saturated carbocycles. The molecule has 0 aliphatic heterocycles. The summed E-state index contributed by atoms with van der Waals surface area (Å²) in [5.74, 6) is 0. The van der Waals surface area contributed by atoms with Crippen LogP contribution in [0, 0.1) is 0 Å². The van der Waals surface area contributed by atoms with E-state index in [0.717, 1.165) is 22.7 Å². The fourth-order valence-electron chi connectivity index (χ4n) is 8.78. The summed E-state index contributed by atoms with van der Waals surface area (Å²) in [6, 6.07) is 87.8. The van der Waals surface area contributed by atoms with Gasteiger partial charge in [0.15, 0.2) is 0 Å². The molecule has 0 radical (unpaired) electrons. The fraction of sp³-hybridized carbons (Fsp3) is 0.0182. The minimum atomic E-state index is -0.512. The number of rotatable bonds is 9. The Morgan fingerprint density at radius 2 is 0.754 bits per heavy atom. The molecule has 0 aliphatic carbocycles. The summed E-state index contributed by atoms with van der Waals surface area (Å²) in [6.45, 7) is 0. The van der Waals surface area contributed by atoms with Crippen molar-refractivity contribution in [3.63, 3.8) is 0 Å². The molecule has 0 bridgehead atoms. The molecule has 0 N–H and O–H groups in total. The van der Waals surface area contributed by atoms with Gasteiger partial charge in [-0.05, 0) is 100 Å². The monoisotopic (exact) mass is 728 g/mol. The van der Waals surface area contributed by atoms with Crippen LogP contribution >= 0.6 is 0 Å². The molecule has 1 heterocycles. The van der Waals surface area contributed by atoms with Gasteiger partial charge >= 0.3 is 0 Å². The Hall–Kier alpha value is -7.42. The van der Waals surface area contributed by atoms with Gasteiger partial charge in [-0.15, -0.1) is 0 Å². The fourth-order valence-corrected chi connectivity index (χ4v) is 8.78. The highest BCUT2D eigenvalue weighted by molar-refractivity contribution is 6.10. The van der Waals surface area contributed by atoms with Gasteiger partial charge in [0.2, 0.25) is 0 Å². The molecule has 270 valence electrons. The molecule has 0 saturated heterocycles. The number of aromatic nitrogens is 1. The Bertz CT molecular complexity index is 2820. The third-order valence-corrected chi connectivity index (χ3v) is 11.3. The number of fused-ring (bicyclic) bond motifs is 3.